The molecule has 0 unspecified atom stereocenters. The van der Waals surface area contributed by atoms with Crippen molar-refractivity contribution in [2.24, 2.45) is 0 Å². The summed E-state index contributed by atoms with van der Waals surface area (Å²) in [5.41, 5.74) is 1.35. The van der Waals surface area contributed by atoms with Gasteiger partial charge in [0.25, 0.3) is 0 Å². The second-order valence-electron chi connectivity index (χ2n) is 5.55. The van der Waals surface area contributed by atoms with Crippen molar-refractivity contribution in [1.82, 2.24) is 14.5 Å². The van der Waals surface area contributed by atoms with Crippen LogP contribution in [0.5, 0.6) is 0 Å². The quantitative estimate of drug-likeness (QED) is 0.850. The number of rotatable bonds is 2. The van der Waals surface area contributed by atoms with Gasteiger partial charge in [0.15, 0.2) is 5.65 Å². The van der Waals surface area contributed by atoms with E-state index in [4.69, 9.17) is 10.00 Å². The molecule has 1 aliphatic carbocycles. The van der Waals surface area contributed by atoms with Crippen LogP contribution in [-0.2, 0) is 9.53 Å². The largest absolute Gasteiger partial charge is 0.463 e. The van der Waals surface area contributed by atoms with Crippen molar-refractivity contribution >= 4 is 17.1 Å². The molecular formula is C15H16N4O3. The summed E-state index contributed by atoms with van der Waals surface area (Å²) in [6, 6.07) is 3.67. The molecule has 0 saturated heterocycles. The number of nitrogens with zero attached hydrogens (tertiary/aromatic N) is 3. The van der Waals surface area contributed by atoms with Gasteiger partial charge in [-0.25, -0.2) is 9.78 Å². The predicted octanol–water partition coefficient (Wildman–Crippen LogP) is 1.64. The minimum Gasteiger partial charge on any atom is -0.463 e. The summed E-state index contributed by atoms with van der Waals surface area (Å²) in [6.07, 6.45) is 4.39. The maximum atomic E-state index is 12.2. The number of nitriles is 1. The van der Waals surface area contributed by atoms with Crippen LogP contribution in [0.3, 0.4) is 0 Å². The summed E-state index contributed by atoms with van der Waals surface area (Å²) in [5.74, 6) is -0.265. The smallest absolute Gasteiger partial charge is 0.327 e. The number of fused-ring (bicyclic) bond motifs is 1. The van der Waals surface area contributed by atoms with Crippen LogP contribution in [0.4, 0.5) is 0 Å². The van der Waals surface area contributed by atoms with Crippen LogP contribution in [0.2, 0.25) is 0 Å². The van der Waals surface area contributed by atoms with Crippen LogP contribution in [0.15, 0.2) is 17.1 Å². The molecule has 0 bridgehead atoms. The van der Waals surface area contributed by atoms with Crippen molar-refractivity contribution in [3.8, 4) is 6.07 Å². The molecular weight excluding hydrogens is 284 g/mol. The summed E-state index contributed by atoms with van der Waals surface area (Å²) >= 11 is 0. The highest BCUT2D eigenvalue weighted by Crippen LogP contribution is 2.30. The lowest BCUT2D eigenvalue weighted by Crippen LogP contribution is -2.29. The predicted molar refractivity (Wildman–Crippen MR) is 78.1 cm³/mol. The Bertz CT molecular complexity index is 806. The first-order valence-electron chi connectivity index (χ1n) is 7.26. The van der Waals surface area contributed by atoms with E-state index in [1.54, 1.807) is 10.6 Å². The summed E-state index contributed by atoms with van der Waals surface area (Å²) in [4.78, 5) is 30.2. The van der Waals surface area contributed by atoms with Crippen LogP contribution in [-0.4, -0.2) is 26.6 Å². The van der Waals surface area contributed by atoms with E-state index >= 15 is 0 Å². The summed E-state index contributed by atoms with van der Waals surface area (Å²) in [7, 11) is 0. The number of ether oxygens (including phenoxy) is 1. The monoisotopic (exact) mass is 300 g/mol. The van der Waals surface area contributed by atoms with Gasteiger partial charge in [-0.15, -0.1) is 0 Å². The molecule has 2 aromatic heterocycles. The van der Waals surface area contributed by atoms with Gasteiger partial charge in [0.1, 0.15) is 12.2 Å². The molecule has 1 fully saturated rings. The lowest BCUT2D eigenvalue weighted by molar-refractivity contribution is -0.148. The lowest BCUT2D eigenvalue weighted by Gasteiger charge is -2.28. The molecule has 2 heterocycles. The number of nitrogens with one attached hydrogen (secondary N) is 1. The van der Waals surface area contributed by atoms with E-state index in [-0.39, 0.29) is 23.8 Å². The zero-order valence-corrected chi connectivity index (χ0v) is 12.2. The maximum Gasteiger partial charge on any atom is 0.327 e. The Balaban J connectivity index is 1.86. The molecule has 0 amide bonds. The van der Waals surface area contributed by atoms with Gasteiger partial charge < -0.3 is 9.72 Å². The number of carbonyl (C=O) groups is 1. The third-order valence-electron chi connectivity index (χ3n) is 4.03. The molecule has 7 heteroatoms. The van der Waals surface area contributed by atoms with Gasteiger partial charge in [-0.1, -0.05) is 0 Å². The highest BCUT2D eigenvalue weighted by Gasteiger charge is 2.26. The Morgan fingerprint density at radius 3 is 2.82 bits per heavy atom. The van der Waals surface area contributed by atoms with E-state index in [1.807, 2.05) is 6.07 Å². The summed E-state index contributed by atoms with van der Waals surface area (Å²) in [6.45, 7) is 1.41. The fraction of sp³-hybridized carbons (Fsp3) is 0.467. The van der Waals surface area contributed by atoms with E-state index in [0.29, 0.717) is 16.7 Å². The SMILES string of the molecule is CC(=O)O[C@H]1CC[C@H](n2c(=O)[nH]c3cc(C#N)cnc32)CC1. The van der Waals surface area contributed by atoms with Gasteiger partial charge in [0, 0.05) is 19.2 Å². The average Bonchev–Trinajstić information content (AvgIpc) is 2.82. The molecule has 0 spiro atoms. The number of H-pyrrole nitrogens is 1. The average molecular weight is 300 g/mol. The first-order chi connectivity index (χ1) is 10.6. The number of esters is 1. The van der Waals surface area contributed by atoms with E-state index in [9.17, 15) is 9.59 Å². The van der Waals surface area contributed by atoms with Gasteiger partial charge >= 0.3 is 11.7 Å². The van der Waals surface area contributed by atoms with Gasteiger partial charge in [-0.05, 0) is 31.7 Å². The number of imidazole rings is 1. The second kappa shape index (κ2) is 5.64. The Morgan fingerprint density at radius 2 is 2.18 bits per heavy atom. The topological polar surface area (TPSA) is 101 Å². The van der Waals surface area contributed by atoms with Crippen LogP contribution in [0.25, 0.3) is 11.2 Å². The maximum absolute atomic E-state index is 12.2. The molecule has 114 valence electrons. The number of pyridine rings is 1. The number of carbonyl (C=O) groups excluding carboxylic acids is 1. The van der Waals surface area contributed by atoms with Gasteiger partial charge in [0.05, 0.1) is 11.1 Å². The molecule has 22 heavy (non-hydrogen) atoms. The van der Waals surface area contributed by atoms with Gasteiger partial charge in [-0.2, -0.15) is 5.26 Å². The highest BCUT2D eigenvalue weighted by atomic mass is 16.5. The fourth-order valence-corrected chi connectivity index (χ4v) is 3.07. The van der Waals surface area contributed by atoms with Crippen LogP contribution < -0.4 is 5.69 Å². The molecule has 1 N–H and O–H groups in total. The molecule has 7 nitrogen and oxygen atoms in total. The second-order valence-corrected chi connectivity index (χ2v) is 5.55. The first-order valence-corrected chi connectivity index (χ1v) is 7.26. The van der Waals surface area contributed by atoms with Crippen molar-refractivity contribution in [3.63, 3.8) is 0 Å². The van der Waals surface area contributed by atoms with E-state index in [1.165, 1.54) is 13.1 Å². The number of hydrogen-bond donors (Lipinski definition) is 1. The number of hydrogen-bond acceptors (Lipinski definition) is 5. The zero-order chi connectivity index (χ0) is 15.7. The number of aromatic amines is 1. The summed E-state index contributed by atoms with van der Waals surface area (Å²) in [5, 5.41) is 8.89. The van der Waals surface area contributed by atoms with Crippen molar-refractivity contribution in [3.05, 3.63) is 28.3 Å². The minimum atomic E-state index is -0.265. The zero-order valence-electron chi connectivity index (χ0n) is 12.2. The molecule has 3 rings (SSSR count). The minimum absolute atomic E-state index is 0.0356. The molecule has 1 aliphatic rings. The molecule has 2 aromatic rings. The Labute approximate surface area is 126 Å². The van der Waals surface area contributed by atoms with E-state index in [0.717, 1.165) is 25.7 Å². The number of aromatic nitrogens is 3. The fourth-order valence-electron chi connectivity index (χ4n) is 3.07. The van der Waals surface area contributed by atoms with Gasteiger partial charge in [-0.3, -0.25) is 9.36 Å². The molecule has 0 radical (unpaired) electrons. The molecule has 0 aromatic carbocycles. The lowest BCUT2D eigenvalue weighted by atomic mass is 9.93. The van der Waals surface area contributed by atoms with Crippen LogP contribution >= 0.6 is 0 Å². The van der Waals surface area contributed by atoms with Crippen molar-refractivity contribution < 1.29 is 9.53 Å². The molecule has 0 atom stereocenters. The van der Waals surface area contributed by atoms with E-state index < -0.39 is 0 Å². The van der Waals surface area contributed by atoms with Crippen LogP contribution in [0, 0.1) is 11.3 Å². The van der Waals surface area contributed by atoms with Crippen molar-refractivity contribution in [1.29, 1.82) is 5.26 Å². The summed E-state index contributed by atoms with van der Waals surface area (Å²) < 4.78 is 6.87. The Hall–Kier alpha value is -2.62. The first kappa shape index (κ1) is 14.3. The third-order valence-corrected chi connectivity index (χ3v) is 4.03. The molecule has 0 aliphatic heterocycles. The van der Waals surface area contributed by atoms with E-state index in [2.05, 4.69) is 9.97 Å². The molecule has 1 saturated carbocycles. The third kappa shape index (κ3) is 2.60. The normalized spacial score (nSPS) is 21.5. The Morgan fingerprint density at radius 1 is 1.45 bits per heavy atom. The van der Waals surface area contributed by atoms with Crippen molar-refractivity contribution in [2.45, 2.75) is 44.8 Å². The highest BCUT2D eigenvalue weighted by molar-refractivity contribution is 5.72. The van der Waals surface area contributed by atoms with Crippen LogP contribution in [0.1, 0.15) is 44.2 Å². The van der Waals surface area contributed by atoms with Gasteiger partial charge in [0.2, 0.25) is 0 Å². The van der Waals surface area contributed by atoms with Crippen molar-refractivity contribution in [2.75, 3.05) is 0 Å². The Kier molecular flexibility index (Phi) is 3.67. The standard InChI is InChI=1S/C15H16N4O3/c1-9(20)22-12-4-2-11(3-5-12)19-14-13(18-15(19)21)6-10(7-16)8-17-14/h6,8,11-12H,2-5H2,1H3,(H,18,21)/t11-,12-.